The van der Waals surface area contributed by atoms with Gasteiger partial charge in [0.25, 0.3) is 5.91 Å². The minimum atomic E-state index is -1.13. The Hall–Kier alpha value is -2.20. The molecule has 110 valence electrons. The molecule has 0 radical (unpaired) electrons. The Morgan fingerprint density at radius 1 is 1.14 bits per heavy atom. The Morgan fingerprint density at radius 2 is 1.76 bits per heavy atom. The fraction of sp³-hybridized carbons (Fsp3) is 0.294. The number of likely N-dealkylation sites (N-methyl/N-ethyl adjacent to an activating group) is 1. The van der Waals surface area contributed by atoms with Gasteiger partial charge in [0.15, 0.2) is 6.10 Å². The van der Waals surface area contributed by atoms with Crippen LogP contribution >= 0.6 is 0 Å². The molecule has 1 N–H and O–H groups in total. The molecular weight excluding hydrogens is 264 g/mol. The standard InChI is InChI=1S/C17H20N2O2/c1-3-15(13-9-11-18-12-10-13)19(2)17(21)16(20)14-7-5-4-6-8-14/h4-12,15-16,20H,3H2,1-2H3. The molecule has 0 aliphatic rings. The second-order valence-electron chi connectivity index (χ2n) is 4.97. The van der Waals surface area contributed by atoms with Gasteiger partial charge in [0, 0.05) is 19.4 Å². The Labute approximate surface area is 125 Å². The maximum Gasteiger partial charge on any atom is 0.256 e. The predicted octanol–water partition coefficient (Wildman–Crippen LogP) is 2.72. The maximum absolute atomic E-state index is 12.5. The summed E-state index contributed by atoms with van der Waals surface area (Å²) in [6.07, 6.45) is 3.06. The highest BCUT2D eigenvalue weighted by Crippen LogP contribution is 2.25. The smallest absolute Gasteiger partial charge is 0.256 e. The number of aliphatic hydroxyl groups excluding tert-OH is 1. The van der Waals surface area contributed by atoms with Crippen LogP contribution in [0.2, 0.25) is 0 Å². The van der Waals surface area contributed by atoms with Crippen molar-refractivity contribution in [1.29, 1.82) is 0 Å². The fourth-order valence-corrected chi connectivity index (χ4v) is 2.44. The summed E-state index contributed by atoms with van der Waals surface area (Å²) in [5.74, 6) is -0.301. The number of benzene rings is 1. The second-order valence-corrected chi connectivity index (χ2v) is 4.97. The number of amides is 1. The minimum absolute atomic E-state index is 0.0705. The number of hydrogen-bond acceptors (Lipinski definition) is 3. The van der Waals surface area contributed by atoms with Crippen molar-refractivity contribution >= 4 is 5.91 Å². The molecular formula is C17H20N2O2. The van der Waals surface area contributed by atoms with E-state index in [0.29, 0.717) is 5.56 Å². The average molecular weight is 284 g/mol. The molecule has 2 atom stereocenters. The zero-order chi connectivity index (χ0) is 15.2. The Morgan fingerprint density at radius 3 is 2.33 bits per heavy atom. The van der Waals surface area contributed by atoms with Gasteiger partial charge in [0.2, 0.25) is 0 Å². The third-order valence-electron chi connectivity index (χ3n) is 3.64. The first kappa shape index (κ1) is 15.2. The first-order valence-corrected chi connectivity index (χ1v) is 7.04. The SMILES string of the molecule is CCC(c1ccncc1)N(C)C(=O)C(O)c1ccccc1. The normalized spacial score (nSPS) is 13.5. The van der Waals surface area contributed by atoms with Crippen LogP contribution in [0.25, 0.3) is 0 Å². The van der Waals surface area contributed by atoms with Gasteiger partial charge in [-0.3, -0.25) is 9.78 Å². The zero-order valence-corrected chi connectivity index (χ0v) is 12.3. The van der Waals surface area contributed by atoms with E-state index in [2.05, 4.69) is 4.98 Å². The molecule has 4 heteroatoms. The van der Waals surface area contributed by atoms with Crippen molar-refractivity contribution in [3.8, 4) is 0 Å². The summed E-state index contributed by atoms with van der Waals surface area (Å²) in [5.41, 5.74) is 1.63. The summed E-state index contributed by atoms with van der Waals surface area (Å²) in [6.45, 7) is 2.02. The van der Waals surface area contributed by atoms with Gasteiger partial charge in [0.05, 0.1) is 6.04 Å². The number of pyridine rings is 1. The van der Waals surface area contributed by atoms with E-state index < -0.39 is 6.10 Å². The Bertz CT molecular complexity index is 572. The molecule has 2 unspecified atom stereocenters. The highest BCUT2D eigenvalue weighted by Gasteiger charge is 2.26. The first-order chi connectivity index (χ1) is 10.1. The number of carbonyl (C=O) groups excluding carboxylic acids is 1. The molecule has 1 aromatic heterocycles. The van der Waals surface area contributed by atoms with Crippen LogP contribution in [0, 0.1) is 0 Å². The lowest BCUT2D eigenvalue weighted by Crippen LogP contribution is -2.35. The number of hydrogen-bond donors (Lipinski definition) is 1. The molecule has 21 heavy (non-hydrogen) atoms. The summed E-state index contributed by atoms with van der Waals surface area (Å²) in [7, 11) is 1.73. The van der Waals surface area contributed by atoms with Gasteiger partial charge in [-0.15, -0.1) is 0 Å². The molecule has 1 aromatic carbocycles. The number of nitrogens with zero attached hydrogens (tertiary/aromatic N) is 2. The van der Waals surface area contributed by atoms with Crippen molar-refractivity contribution in [2.24, 2.45) is 0 Å². The van der Waals surface area contributed by atoms with E-state index in [-0.39, 0.29) is 11.9 Å². The van der Waals surface area contributed by atoms with Gasteiger partial charge in [-0.1, -0.05) is 37.3 Å². The highest BCUT2D eigenvalue weighted by molar-refractivity contribution is 5.82. The molecule has 0 aliphatic heterocycles. The van der Waals surface area contributed by atoms with Gasteiger partial charge in [-0.05, 0) is 29.7 Å². The van der Waals surface area contributed by atoms with Crippen LogP contribution in [0.5, 0.6) is 0 Å². The Balaban J connectivity index is 2.18. The van der Waals surface area contributed by atoms with E-state index in [1.165, 1.54) is 0 Å². The van der Waals surface area contributed by atoms with Crippen LogP contribution < -0.4 is 0 Å². The molecule has 0 spiro atoms. The molecule has 2 rings (SSSR count). The lowest BCUT2D eigenvalue weighted by atomic mass is 10.0. The topological polar surface area (TPSA) is 53.4 Å². The number of rotatable bonds is 5. The summed E-state index contributed by atoms with van der Waals surface area (Å²) < 4.78 is 0. The van der Waals surface area contributed by atoms with Gasteiger partial charge < -0.3 is 10.0 Å². The average Bonchev–Trinajstić information content (AvgIpc) is 2.56. The van der Waals surface area contributed by atoms with Gasteiger partial charge in [0.1, 0.15) is 0 Å². The van der Waals surface area contributed by atoms with Crippen LogP contribution in [0.4, 0.5) is 0 Å². The first-order valence-electron chi connectivity index (χ1n) is 7.04. The number of aliphatic hydroxyl groups is 1. The van der Waals surface area contributed by atoms with E-state index in [0.717, 1.165) is 12.0 Å². The second kappa shape index (κ2) is 6.99. The molecule has 1 amide bonds. The highest BCUT2D eigenvalue weighted by atomic mass is 16.3. The lowest BCUT2D eigenvalue weighted by molar-refractivity contribution is -0.141. The van der Waals surface area contributed by atoms with E-state index >= 15 is 0 Å². The van der Waals surface area contributed by atoms with Crippen LogP contribution in [0.3, 0.4) is 0 Å². The van der Waals surface area contributed by atoms with Crippen molar-refractivity contribution in [2.45, 2.75) is 25.5 Å². The molecule has 1 heterocycles. The largest absolute Gasteiger partial charge is 0.378 e. The van der Waals surface area contributed by atoms with E-state index in [4.69, 9.17) is 0 Å². The van der Waals surface area contributed by atoms with Crippen molar-refractivity contribution < 1.29 is 9.90 Å². The van der Waals surface area contributed by atoms with E-state index in [1.807, 2.05) is 37.3 Å². The maximum atomic E-state index is 12.5. The van der Waals surface area contributed by atoms with Gasteiger partial charge >= 0.3 is 0 Å². The molecule has 0 saturated heterocycles. The summed E-state index contributed by atoms with van der Waals surface area (Å²) in [4.78, 5) is 18.1. The quantitative estimate of drug-likeness (QED) is 0.918. The summed E-state index contributed by atoms with van der Waals surface area (Å²) in [6, 6.07) is 12.7. The predicted molar refractivity (Wildman–Crippen MR) is 81.4 cm³/mol. The van der Waals surface area contributed by atoms with E-state index in [9.17, 15) is 9.90 Å². The molecule has 2 aromatic rings. The number of carbonyl (C=O) groups is 1. The van der Waals surface area contributed by atoms with Gasteiger partial charge in [-0.25, -0.2) is 0 Å². The number of aromatic nitrogens is 1. The lowest BCUT2D eigenvalue weighted by Gasteiger charge is -2.29. The summed E-state index contributed by atoms with van der Waals surface area (Å²) in [5, 5.41) is 10.2. The molecule has 0 bridgehead atoms. The van der Waals surface area contributed by atoms with Crippen molar-refractivity contribution in [3.05, 3.63) is 66.0 Å². The monoisotopic (exact) mass is 284 g/mol. The zero-order valence-electron chi connectivity index (χ0n) is 12.3. The van der Waals surface area contributed by atoms with Crippen LogP contribution in [0.15, 0.2) is 54.9 Å². The summed E-state index contributed by atoms with van der Waals surface area (Å²) >= 11 is 0. The van der Waals surface area contributed by atoms with Crippen LogP contribution in [-0.4, -0.2) is 27.9 Å². The third kappa shape index (κ3) is 3.47. The third-order valence-corrected chi connectivity index (χ3v) is 3.64. The van der Waals surface area contributed by atoms with Gasteiger partial charge in [-0.2, -0.15) is 0 Å². The van der Waals surface area contributed by atoms with Crippen LogP contribution in [0.1, 0.15) is 36.6 Å². The van der Waals surface area contributed by atoms with E-state index in [1.54, 1.807) is 36.5 Å². The van der Waals surface area contributed by atoms with Crippen molar-refractivity contribution in [1.82, 2.24) is 9.88 Å². The minimum Gasteiger partial charge on any atom is -0.378 e. The Kier molecular flexibility index (Phi) is 5.06. The molecule has 0 fully saturated rings. The van der Waals surface area contributed by atoms with Crippen molar-refractivity contribution in [3.63, 3.8) is 0 Å². The van der Waals surface area contributed by atoms with Crippen molar-refractivity contribution in [2.75, 3.05) is 7.05 Å². The fourth-order valence-electron chi connectivity index (χ4n) is 2.44. The van der Waals surface area contributed by atoms with Crippen LogP contribution in [-0.2, 0) is 4.79 Å². The molecule has 4 nitrogen and oxygen atoms in total. The molecule has 0 saturated carbocycles. The molecule has 0 aliphatic carbocycles.